The number of likely N-dealkylation sites (N-methyl/N-ethyl adjacent to an activating group) is 1. The molecule has 2 N–H and O–H groups in total. The first-order valence-electron chi connectivity index (χ1n) is 18.3. The van der Waals surface area contributed by atoms with Gasteiger partial charge in [0.25, 0.3) is 5.56 Å². The molecule has 1 aromatic carbocycles. The molecule has 6 rings (SSSR count). The molecule has 2 fully saturated rings. The Morgan fingerprint density at radius 2 is 1.77 bits per heavy atom. The molecule has 13 heteroatoms. The molecule has 1 atom stereocenters. The Morgan fingerprint density at radius 3 is 2.42 bits per heavy atom. The normalized spacial score (nSPS) is 15.8. The summed E-state index contributed by atoms with van der Waals surface area (Å²) in [5.41, 5.74) is 3.04. The van der Waals surface area contributed by atoms with Crippen LogP contribution < -0.4 is 25.8 Å². The summed E-state index contributed by atoms with van der Waals surface area (Å²) in [5, 5.41) is 6.60. The van der Waals surface area contributed by atoms with Gasteiger partial charge in [-0.2, -0.15) is 4.98 Å². The predicted octanol–water partition coefficient (Wildman–Crippen LogP) is 4.96. The molecule has 1 aliphatic heterocycles. The fourth-order valence-electron chi connectivity index (χ4n) is 7.43. The second kappa shape index (κ2) is 16.9. The quantitative estimate of drug-likeness (QED) is 0.0980. The molecule has 3 aromatic heterocycles. The Bertz CT molecular complexity index is 1930. The Morgan fingerprint density at radius 1 is 1.02 bits per heavy atom. The Kier molecular flexibility index (Phi) is 11.9. The van der Waals surface area contributed by atoms with Crippen molar-refractivity contribution >= 4 is 46.5 Å². The average Bonchev–Trinajstić information content (AvgIpc) is 3.69. The van der Waals surface area contributed by atoms with Crippen molar-refractivity contribution in [2.45, 2.75) is 70.8 Å². The lowest BCUT2D eigenvalue weighted by molar-refractivity contribution is -0.122. The van der Waals surface area contributed by atoms with E-state index in [0.29, 0.717) is 47.8 Å². The van der Waals surface area contributed by atoms with Gasteiger partial charge < -0.3 is 25.1 Å². The number of fused-ring (bicyclic) bond motifs is 1. The second-order valence-corrected chi connectivity index (χ2v) is 13.6. The van der Waals surface area contributed by atoms with Crippen LogP contribution in [0.2, 0.25) is 0 Å². The maximum absolute atomic E-state index is 13.5. The number of hydrogen-bond donors (Lipinski definition) is 2. The van der Waals surface area contributed by atoms with E-state index in [-0.39, 0.29) is 34.8 Å². The summed E-state index contributed by atoms with van der Waals surface area (Å²) in [7, 11) is 1.61. The maximum atomic E-state index is 13.5. The minimum Gasteiger partial charge on any atom is -0.494 e. The van der Waals surface area contributed by atoms with E-state index in [9.17, 15) is 19.2 Å². The maximum Gasteiger partial charge on any atom is 0.263 e. The number of nitrogens with one attached hydrogen (secondary N) is 2. The summed E-state index contributed by atoms with van der Waals surface area (Å²) in [5.74, 6) is 1.04. The largest absolute Gasteiger partial charge is 0.494 e. The highest BCUT2D eigenvalue weighted by atomic mass is 16.5. The zero-order valence-electron chi connectivity index (χ0n) is 30.3. The summed E-state index contributed by atoms with van der Waals surface area (Å²) in [6, 6.07) is 11.5. The van der Waals surface area contributed by atoms with Crippen molar-refractivity contribution in [3.63, 3.8) is 0 Å². The van der Waals surface area contributed by atoms with Gasteiger partial charge in [-0.1, -0.05) is 25.0 Å². The molecule has 1 aliphatic carbocycles. The molecule has 1 unspecified atom stereocenters. The van der Waals surface area contributed by atoms with E-state index < -0.39 is 0 Å². The number of ketones is 1. The third-order valence-corrected chi connectivity index (χ3v) is 10.3. The highest BCUT2D eigenvalue weighted by molar-refractivity contribution is 5.99. The Hall–Kier alpha value is -5.17. The topological polar surface area (TPSA) is 152 Å². The number of aldehydes is 1. The fraction of sp³-hybridized carbons (Fsp3) is 0.462. The molecule has 0 radical (unpaired) electrons. The van der Waals surface area contributed by atoms with Crippen molar-refractivity contribution in [2.24, 2.45) is 0 Å². The number of piperazine rings is 1. The minimum absolute atomic E-state index is 0.0177. The van der Waals surface area contributed by atoms with Gasteiger partial charge >= 0.3 is 0 Å². The van der Waals surface area contributed by atoms with Crippen LogP contribution >= 0.6 is 0 Å². The molecular formula is C39H48N8O5. The van der Waals surface area contributed by atoms with Crippen molar-refractivity contribution in [1.29, 1.82) is 0 Å². The van der Waals surface area contributed by atoms with Gasteiger partial charge in [-0.3, -0.25) is 23.9 Å². The van der Waals surface area contributed by atoms with Gasteiger partial charge in [0.1, 0.15) is 23.5 Å². The molecule has 0 spiro atoms. The Balaban J connectivity index is 0.992. The monoisotopic (exact) mass is 708 g/mol. The molecule has 52 heavy (non-hydrogen) atoms. The highest BCUT2D eigenvalue weighted by Gasteiger charge is 2.26. The van der Waals surface area contributed by atoms with Crippen molar-refractivity contribution < 1.29 is 19.1 Å². The van der Waals surface area contributed by atoms with Crippen molar-refractivity contribution in [1.82, 2.24) is 29.7 Å². The predicted molar refractivity (Wildman–Crippen MR) is 201 cm³/mol. The molecule has 1 amide bonds. The average molecular weight is 709 g/mol. The molecular weight excluding hydrogens is 660 g/mol. The summed E-state index contributed by atoms with van der Waals surface area (Å²) in [4.78, 5) is 67.7. The van der Waals surface area contributed by atoms with Crippen LogP contribution in [-0.4, -0.2) is 88.8 Å². The number of amides is 1. The Labute approximate surface area is 303 Å². The van der Waals surface area contributed by atoms with Crippen molar-refractivity contribution in [3.8, 4) is 5.75 Å². The van der Waals surface area contributed by atoms with Gasteiger partial charge in [-0.25, -0.2) is 9.97 Å². The SMILES string of the molecule is CNC(=O)C(CCC=O)c1ccc(OCCCN2CCN(c3ccc(Nc4ncc5c(C)c(C(C)=O)c(=O)n(C6CCCC6)c5n4)nc3)CC2)cc1. The van der Waals surface area contributed by atoms with Crippen LogP contribution in [0.1, 0.15) is 85.3 Å². The summed E-state index contributed by atoms with van der Waals surface area (Å²) >= 11 is 0. The molecule has 13 nitrogen and oxygen atoms in total. The van der Waals surface area contributed by atoms with E-state index in [1.54, 1.807) is 24.7 Å². The first kappa shape index (κ1) is 36.6. The fourth-order valence-corrected chi connectivity index (χ4v) is 7.43. The first-order valence-corrected chi connectivity index (χ1v) is 18.3. The number of anilines is 3. The number of aromatic nitrogens is 4. The van der Waals surface area contributed by atoms with E-state index in [0.717, 1.165) is 88.1 Å². The summed E-state index contributed by atoms with van der Waals surface area (Å²) < 4.78 is 7.69. The second-order valence-electron chi connectivity index (χ2n) is 13.6. The van der Waals surface area contributed by atoms with Gasteiger partial charge in [-0.15, -0.1) is 0 Å². The lowest BCUT2D eigenvalue weighted by Crippen LogP contribution is -2.46. The van der Waals surface area contributed by atoms with Crippen LogP contribution in [-0.2, 0) is 9.59 Å². The number of Topliss-reactive ketones (excluding diaryl/α,β-unsaturated/α-hetero) is 1. The van der Waals surface area contributed by atoms with Gasteiger partial charge in [-0.05, 0) is 74.9 Å². The number of ether oxygens (including phenoxy) is 1. The molecule has 1 saturated carbocycles. The van der Waals surface area contributed by atoms with Crippen LogP contribution in [0.5, 0.6) is 5.75 Å². The van der Waals surface area contributed by atoms with Gasteiger partial charge in [0, 0.05) is 63.8 Å². The number of benzene rings is 1. The van der Waals surface area contributed by atoms with E-state index in [1.807, 2.05) is 42.6 Å². The highest BCUT2D eigenvalue weighted by Crippen LogP contribution is 2.32. The van der Waals surface area contributed by atoms with Crippen LogP contribution in [0, 0.1) is 6.92 Å². The lowest BCUT2D eigenvalue weighted by atomic mass is 9.93. The zero-order chi connectivity index (χ0) is 36.6. The van der Waals surface area contributed by atoms with Crippen molar-refractivity contribution in [3.05, 3.63) is 75.8 Å². The molecule has 1 saturated heterocycles. The number of rotatable bonds is 15. The number of carbonyl (C=O) groups is 3. The summed E-state index contributed by atoms with van der Waals surface area (Å²) in [6.07, 6.45) is 9.98. The van der Waals surface area contributed by atoms with Crippen molar-refractivity contribution in [2.75, 3.05) is 56.6 Å². The molecule has 0 bridgehead atoms. The van der Waals surface area contributed by atoms with E-state index in [2.05, 4.69) is 30.4 Å². The van der Waals surface area contributed by atoms with Gasteiger partial charge in [0.2, 0.25) is 11.9 Å². The number of carbonyl (C=O) groups excluding carboxylic acids is 3. The molecule has 4 heterocycles. The van der Waals surface area contributed by atoms with Gasteiger partial charge in [0.15, 0.2) is 5.78 Å². The number of aryl methyl sites for hydroxylation is 1. The number of hydrogen-bond acceptors (Lipinski definition) is 11. The van der Waals surface area contributed by atoms with E-state index >= 15 is 0 Å². The van der Waals surface area contributed by atoms with Crippen LogP contribution in [0.25, 0.3) is 11.0 Å². The number of nitrogens with zero attached hydrogens (tertiary/aromatic N) is 6. The van der Waals surface area contributed by atoms with Gasteiger partial charge in [0.05, 0.1) is 30.0 Å². The lowest BCUT2D eigenvalue weighted by Gasteiger charge is -2.36. The standard InChI is InChI=1S/C39H48N8O5/c1-26-33-25-42-39(44-36(33)47(29-8-4-5-9-29)38(51)35(26)27(2)49)43-34-16-13-30(24-41-34)46-20-18-45(19-21-46)17-7-23-52-31-14-11-28(12-15-31)32(10-6-22-48)37(50)40-3/h11-16,22,24-25,29,32H,4-10,17-21,23H2,1-3H3,(H,40,50)(H,41,42,43,44). The van der Waals surface area contributed by atoms with Crippen LogP contribution in [0.4, 0.5) is 17.5 Å². The van der Waals surface area contributed by atoms with E-state index in [1.165, 1.54) is 6.92 Å². The third kappa shape index (κ3) is 8.31. The van der Waals surface area contributed by atoms with Crippen LogP contribution in [0.3, 0.4) is 0 Å². The third-order valence-electron chi connectivity index (χ3n) is 10.3. The van der Waals surface area contributed by atoms with Crippen LogP contribution in [0.15, 0.2) is 53.6 Å². The first-order chi connectivity index (χ1) is 25.3. The number of pyridine rings is 2. The molecule has 4 aromatic rings. The molecule has 274 valence electrons. The molecule has 2 aliphatic rings. The zero-order valence-corrected chi connectivity index (χ0v) is 30.3. The minimum atomic E-state index is -0.350. The smallest absolute Gasteiger partial charge is 0.263 e. The van der Waals surface area contributed by atoms with E-state index in [4.69, 9.17) is 9.72 Å². The summed E-state index contributed by atoms with van der Waals surface area (Å²) in [6.45, 7) is 8.43.